The molecule has 2 aromatic rings. The quantitative estimate of drug-likeness (QED) is 0.859. The van der Waals surface area contributed by atoms with Crippen molar-refractivity contribution in [2.24, 2.45) is 0 Å². The van der Waals surface area contributed by atoms with Gasteiger partial charge < -0.3 is 14.4 Å². The van der Waals surface area contributed by atoms with Crippen LogP contribution in [-0.4, -0.2) is 30.6 Å². The van der Waals surface area contributed by atoms with Gasteiger partial charge in [-0.15, -0.1) is 0 Å². The molecule has 0 spiro atoms. The molecule has 1 aliphatic rings. The molecule has 24 heavy (non-hydrogen) atoms. The summed E-state index contributed by atoms with van der Waals surface area (Å²) in [6.45, 7) is 8.26. The summed E-state index contributed by atoms with van der Waals surface area (Å²) in [7, 11) is 0. The number of benzene rings is 2. The van der Waals surface area contributed by atoms with E-state index in [4.69, 9.17) is 9.47 Å². The van der Waals surface area contributed by atoms with Gasteiger partial charge in [0.1, 0.15) is 13.2 Å². The van der Waals surface area contributed by atoms with E-state index < -0.39 is 0 Å². The average molecular weight is 325 g/mol. The van der Waals surface area contributed by atoms with E-state index in [9.17, 15) is 4.79 Å². The highest BCUT2D eigenvalue weighted by molar-refractivity contribution is 5.95. The molecule has 0 atom stereocenters. The van der Waals surface area contributed by atoms with Crippen LogP contribution in [0.3, 0.4) is 0 Å². The number of para-hydroxylation sites is 1. The Morgan fingerprint density at radius 2 is 1.92 bits per heavy atom. The van der Waals surface area contributed by atoms with Gasteiger partial charge in [0.25, 0.3) is 5.91 Å². The summed E-state index contributed by atoms with van der Waals surface area (Å²) in [6.07, 6.45) is 0. The Morgan fingerprint density at radius 3 is 2.67 bits per heavy atom. The van der Waals surface area contributed by atoms with Crippen LogP contribution < -0.4 is 9.47 Å². The van der Waals surface area contributed by atoms with Gasteiger partial charge in [-0.1, -0.05) is 29.8 Å². The number of fused-ring (bicyclic) bond motifs is 1. The predicted octanol–water partition coefficient (Wildman–Crippen LogP) is 3.74. The summed E-state index contributed by atoms with van der Waals surface area (Å²) in [5.41, 5.74) is 3.90. The average Bonchev–Trinajstić information content (AvgIpc) is 2.59. The van der Waals surface area contributed by atoms with Crippen molar-refractivity contribution >= 4 is 5.91 Å². The summed E-state index contributed by atoms with van der Waals surface area (Å²) in [6, 6.07) is 11.8. The Hall–Kier alpha value is -2.49. The molecule has 0 unspecified atom stereocenters. The summed E-state index contributed by atoms with van der Waals surface area (Å²) in [5.74, 6) is 1.56. The summed E-state index contributed by atoms with van der Waals surface area (Å²) >= 11 is 0. The van der Waals surface area contributed by atoms with Crippen LogP contribution in [0.4, 0.5) is 0 Å². The van der Waals surface area contributed by atoms with Crippen LogP contribution in [0.15, 0.2) is 36.4 Å². The first-order chi connectivity index (χ1) is 11.6. The van der Waals surface area contributed by atoms with E-state index >= 15 is 0 Å². The monoisotopic (exact) mass is 325 g/mol. The van der Waals surface area contributed by atoms with Crippen LogP contribution >= 0.6 is 0 Å². The number of aryl methyl sites for hydroxylation is 2. The Kier molecular flexibility index (Phi) is 4.74. The summed E-state index contributed by atoms with van der Waals surface area (Å²) in [4.78, 5) is 14.8. The highest BCUT2D eigenvalue weighted by Crippen LogP contribution is 2.34. The summed E-state index contributed by atoms with van der Waals surface area (Å²) in [5, 5.41) is 0. The van der Waals surface area contributed by atoms with Crippen molar-refractivity contribution in [2.75, 3.05) is 19.8 Å². The lowest BCUT2D eigenvalue weighted by molar-refractivity contribution is 0.0748. The van der Waals surface area contributed by atoms with E-state index in [-0.39, 0.29) is 5.91 Å². The van der Waals surface area contributed by atoms with Gasteiger partial charge in [0.2, 0.25) is 0 Å². The zero-order valence-corrected chi connectivity index (χ0v) is 14.5. The Balaban J connectivity index is 1.86. The maximum Gasteiger partial charge on any atom is 0.254 e. The number of carbonyl (C=O) groups excluding carboxylic acids is 1. The first-order valence-corrected chi connectivity index (χ1v) is 8.34. The topological polar surface area (TPSA) is 38.8 Å². The van der Waals surface area contributed by atoms with Gasteiger partial charge in [0, 0.05) is 24.2 Å². The Labute approximate surface area is 143 Å². The molecular formula is C20H23NO3. The van der Waals surface area contributed by atoms with Crippen LogP contribution in [0.5, 0.6) is 11.5 Å². The zero-order valence-electron chi connectivity index (χ0n) is 14.5. The lowest BCUT2D eigenvalue weighted by Crippen LogP contribution is -2.31. The van der Waals surface area contributed by atoms with Crippen molar-refractivity contribution in [2.45, 2.75) is 27.3 Å². The van der Waals surface area contributed by atoms with Gasteiger partial charge in [-0.25, -0.2) is 0 Å². The highest BCUT2D eigenvalue weighted by Gasteiger charge is 2.21. The number of hydrogen-bond donors (Lipinski definition) is 0. The number of amides is 1. The van der Waals surface area contributed by atoms with E-state index in [0.717, 1.165) is 33.8 Å². The van der Waals surface area contributed by atoms with Crippen LogP contribution in [-0.2, 0) is 6.54 Å². The second kappa shape index (κ2) is 6.95. The van der Waals surface area contributed by atoms with Crippen molar-refractivity contribution in [3.05, 3.63) is 58.7 Å². The van der Waals surface area contributed by atoms with Crippen molar-refractivity contribution in [3.8, 4) is 11.5 Å². The van der Waals surface area contributed by atoms with Crippen molar-refractivity contribution in [1.29, 1.82) is 0 Å². The minimum Gasteiger partial charge on any atom is -0.486 e. The molecule has 0 saturated heterocycles. The molecule has 4 nitrogen and oxygen atoms in total. The minimum absolute atomic E-state index is 0.0457. The third kappa shape index (κ3) is 3.23. The molecule has 0 aromatic heterocycles. The fourth-order valence-corrected chi connectivity index (χ4v) is 3.02. The van der Waals surface area contributed by atoms with Gasteiger partial charge in [-0.05, 0) is 38.5 Å². The van der Waals surface area contributed by atoms with E-state index in [2.05, 4.69) is 0 Å². The van der Waals surface area contributed by atoms with Crippen molar-refractivity contribution in [1.82, 2.24) is 4.90 Å². The lowest BCUT2D eigenvalue weighted by atomic mass is 10.0. The van der Waals surface area contributed by atoms with Gasteiger partial charge in [0.15, 0.2) is 11.5 Å². The standard InChI is InChI=1S/C20H23NO3/c1-4-21(20(22)17-9-8-14(2)12-15(17)3)13-16-6-5-7-18-19(16)24-11-10-23-18/h5-9,12H,4,10-11,13H2,1-3H3. The first-order valence-electron chi connectivity index (χ1n) is 8.34. The van der Waals surface area contributed by atoms with E-state index in [0.29, 0.717) is 26.3 Å². The molecule has 3 rings (SSSR count). The number of hydrogen-bond acceptors (Lipinski definition) is 3. The third-order valence-corrected chi connectivity index (χ3v) is 4.29. The molecule has 126 valence electrons. The van der Waals surface area contributed by atoms with Crippen LogP contribution in [0.25, 0.3) is 0 Å². The smallest absolute Gasteiger partial charge is 0.254 e. The minimum atomic E-state index is 0.0457. The fourth-order valence-electron chi connectivity index (χ4n) is 3.02. The van der Waals surface area contributed by atoms with Crippen molar-refractivity contribution in [3.63, 3.8) is 0 Å². The Bertz CT molecular complexity index is 755. The molecule has 0 aliphatic carbocycles. The highest BCUT2D eigenvalue weighted by atomic mass is 16.6. The lowest BCUT2D eigenvalue weighted by Gasteiger charge is -2.26. The van der Waals surface area contributed by atoms with Crippen LogP contribution in [0.2, 0.25) is 0 Å². The maximum absolute atomic E-state index is 12.9. The first kappa shape index (κ1) is 16.4. The molecule has 0 radical (unpaired) electrons. The molecule has 4 heteroatoms. The predicted molar refractivity (Wildman–Crippen MR) is 93.8 cm³/mol. The molecular weight excluding hydrogens is 302 g/mol. The van der Waals surface area contributed by atoms with Gasteiger partial charge in [-0.3, -0.25) is 4.79 Å². The Morgan fingerprint density at radius 1 is 1.12 bits per heavy atom. The molecule has 0 fully saturated rings. The number of nitrogens with zero attached hydrogens (tertiary/aromatic N) is 1. The van der Waals surface area contributed by atoms with E-state index in [1.807, 2.05) is 62.1 Å². The second-order valence-electron chi connectivity index (χ2n) is 6.08. The summed E-state index contributed by atoms with van der Waals surface area (Å²) < 4.78 is 11.4. The maximum atomic E-state index is 12.9. The normalized spacial score (nSPS) is 12.8. The molecule has 1 heterocycles. The van der Waals surface area contributed by atoms with E-state index in [1.165, 1.54) is 0 Å². The third-order valence-electron chi connectivity index (χ3n) is 4.29. The van der Waals surface area contributed by atoms with Crippen molar-refractivity contribution < 1.29 is 14.3 Å². The van der Waals surface area contributed by atoms with Gasteiger partial charge in [-0.2, -0.15) is 0 Å². The molecule has 1 amide bonds. The second-order valence-corrected chi connectivity index (χ2v) is 6.08. The van der Waals surface area contributed by atoms with Crippen LogP contribution in [0, 0.1) is 13.8 Å². The molecule has 0 N–H and O–H groups in total. The zero-order chi connectivity index (χ0) is 17.1. The number of rotatable bonds is 4. The molecule has 1 aliphatic heterocycles. The number of carbonyl (C=O) groups is 1. The SMILES string of the molecule is CCN(Cc1cccc2c1OCCO2)C(=O)c1ccc(C)cc1C. The van der Waals surface area contributed by atoms with Gasteiger partial charge in [0.05, 0.1) is 0 Å². The molecule has 2 aromatic carbocycles. The van der Waals surface area contributed by atoms with Gasteiger partial charge >= 0.3 is 0 Å². The number of ether oxygens (including phenoxy) is 2. The van der Waals surface area contributed by atoms with Crippen LogP contribution in [0.1, 0.15) is 34.0 Å². The van der Waals surface area contributed by atoms with E-state index in [1.54, 1.807) is 0 Å². The molecule has 0 saturated carbocycles. The molecule has 0 bridgehead atoms. The fraction of sp³-hybridized carbons (Fsp3) is 0.350. The largest absolute Gasteiger partial charge is 0.486 e.